The predicted molar refractivity (Wildman–Crippen MR) is 87.0 cm³/mol. The van der Waals surface area contributed by atoms with Crippen molar-refractivity contribution in [2.45, 2.75) is 49.8 Å². The summed E-state index contributed by atoms with van der Waals surface area (Å²) in [6.07, 6.45) is 4.22. The molecule has 2 heterocycles. The maximum Gasteiger partial charge on any atom is 0.317 e. The number of rotatable bonds is 4. The number of carbonyl (C=O) groups is 2. The average molecular weight is 359 g/mol. The van der Waals surface area contributed by atoms with Crippen LogP contribution in [0.3, 0.4) is 0 Å². The van der Waals surface area contributed by atoms with Crippen molar-refractivity contribution in [3.05, 3.63) is 0 Å². The van der Waals surface area contributed by atoms with Crippen molar-refractivity contribution in [2.24, 2.45) is 5.92 Å². The summed E-state index contributed by atoms with van der Waals surface area (Å²) in [5.74, 6) is -1.38. The van der Waals surface area contributed by atoms with Gasteiger partial charge in [-0.1, -0.05) is 0 Å². The minimum atomic E-state index is -3.21. The number of hydrogen-bond acceptors (Lipinski definition) is 4. The molecule has 0 bridgehead atoms. The van der Waals surface area contributed by atoms with Crippen molar-refractivity contribution < 1.29 is 23.1 Å². The van der Waals surface area contributed by atoms with Gasteiger partial charge in [-0.25, -0.2) is 13.2 Å². The highest BCUT2D eigenvalue weighted by atomic mass is 32.2. The number of carbonyl (C=O) groups excluding carboxylic acids is 1. The minimum absolute atomic E-state index is 0.204. The SMILES string of the molecule is O=C(O)C1CCCN(C(=O)N[C@@H]2CCCN(S(=O)(=O)C3CC3)C2)C1. The highest BCUT2D eigenvalue weighted by molar-refractivity contribution is 7.90. The lowest BCUT2D eigenvalue weighted by Crippen LogP contribution is -2.54. The summed E-state index contributed by atoms with van der Waals surface area (Å²) < 4.78 is 26.2. The van der Waals surface area contributed by atoms with Gasteiger partial charge in [0.25, 0.3) is 0 Å². The van der Waals surface area contributed by atoms with E-state index in [-0.39, 0.29) is 23.9 Å². The van der Waals surface area contributed by atoms with Crippen LogP contribution in [0.2, 0.25) is 0 Å². The quantitative estimate of drug-likeness (QED) is 0.758. The maximum absolute atomic E-state index is 12.4. The molecule has 3 rings (SSSR count). The Morgan fingerprint density at radius 2 is 1.71 bits per heavy atom. The molecule has 24 heavy (non-hydrogen) atoms. The van der Waals surface area contributed by atoms with Gasteiger partial charge in [-0.15, -0.1) is 0 Å². The molecule has 0 aromatic heterocycles. The van der Waals surface area contributed by atoms with Crippen LogP contribution in [0.25, 0.3) is 0 Å². The molecule has 1 saturated carbocycles. The van der Waals surface area contributed by atoms with Gasteiger partial charge in [-0.2, -0.15) is 4.31 Å². The number of sulfonamides is 1. The van der Waals surface area contributed by atoms with Crippen LogP contribution in [0.5, 0.6) is 0 Å². The third-order valence-electron chi connectivity index (χ3n) is 5.08. The van der Waals surface area contributed by atoms with E-state index >= 15 is 0 Å². The second-order valence-corrected chi connectivity index (χ2v) is 9.23. The molecule has 3 fully saturated rings. The van der Waals surface area contributed by atoms with E-state index in [2.05, 4.69) is 5.32 Å². The van der Waals surface area contributed by atoms with E-state index < -0.39 is 21.9 Å². The molecule has 8 nitrogen and oxygen atoms in total. The van der Waals surface area contributed by atoms with Crippen LogP contribution < -0.4 is 5.32 Å². The number of nitrogens with one attached hydrogen (secondary N) is 1. The first-order valence-electron chi connectivity index (χ1n) is 8.65. The molecular formula is C15H25N3O5S. The van der Waals surface area contributed by atoms with Gasteiger partial charge in [0.2, 0.25) is 10.0 Å². The van der Waals surface area contributed by atoms with Gasteiger partial charge < -0.3 is 15.3 Å². The van der Waals surface area contributed by atoms with Crippen molar-refractivity contribution >= 4 is 22.0 Å². The van der Waals surface area contributed by atoms with Gasteiger partial charge in [0.15, 0.2) is 0 Å². The number of amides is 2. The third-order valence-corrected chi connectivity index (χ3v) is 7.44. The van der Waals surface area contributed by atoms with Crippen molar-refractivity contribution in [3.8, 4) is 0 Å². The Morgan fingerprint density at radius 1 is 1.00 bits per heavy atom. The van der Waals surface area contributed by atoms with Crippen LogP contribution >= 0.6 is 0 Å². The van der Waals surface area contributed by atoms with E-state index in [1.165, 1.54) is 9.21 Å². The summed E-state index contributed by atoms with van der Waals surface area (Å²) in [5.41, 5.74) is 0. The van der Waals surface area contributed by atoms with Crippen molar-refractivity contribution in [2.75, 3.05) is 26.2 Å². The second kappa shape index (κ2) is 6.87. The van der Waals surface area contributed by atoms with Crippen LogP contribution in [0.1, 0.15) is 38.5 Å². The molecule has 9 heteroatoms. The Bertz CT molecular complexity index is 604. The fourth-order valence-electron chi connectivity index (χ4n) is 3.50. The number of aliphatic carboxylic acids is 1. The third kappa shape index (κ3) is 3.83. The van der Waals surface area contributed by atoms with E-state index in [1.54, 1.807) is 0 Å². The molecule has 0 aromatic carbocycles. The topological polar surface area (TPSA) is 107 Å². The number of carboxylic acids is 1. The van der Waals surface area contributed by atoms with Crippen molar-refractivity contribution in [1.29, 1.82) is 0 Å². The van der Waals surface area contributed by atoms with E-state index in [9.17, 15) is 18.0 Å². The Hall–Kier alpha value is -1.35. The highest BCUT2D eigenvalue weighted by Crippen LogP contribution is 2.32. The molecule has 136 valence electrons. The van der Waals surface area contributed by atoms with Gasteiger partial charge in [-0.05, 0) is 38.5 Å². The fraction of sp³-hybridized carbons (Fsp3) is 0.867. The number of hydrogen-bond donors (Lipinski definition) is 2. The maximum atomic E-state index is 12.4. The Kier molecular flexibility index (Phi) is 5.00. The molecule has 2 aliphatic heterocycles. The average Bonchev–Trinajstić information content (AvgIpc) is 3.40. The zero-order valence-corrected chi connectivity index (χ0v) is 14.5. The van der Waals surface area contributed by atoms with E-state index in [1.807, 2.05) is 0 Å². The molecule has 0 aromatic rings. The molecule has 0 spiro atoms. The molecule has 0 radical (unpaired) electrons. The normalized spacial score (nSPS) is 29.2. The largest absolute Gasteiger partial charge is 0.481 e. The first kappa shape index (κ1) is 17.5. The summed E-state index contributed by atoms with van der Waals surface area (Å²) in [4.78, 5) is 25.0. The summed E-state index contributed by atoms with van der Waals surface area (Å²) in [6.45, 7) is 1.61. The molecular weight excluding hydrogens is 334 g/mol. The summed E-state index contributed by atoms with van der Waals surface area (Å²) in [7, 11) is -3.21. The molecule has 1 unspecified atom stereocenters. The first-order chi connectivity index (χ1) is 11.4. The fourth-order valence-corrected chi connectivity index (χ4v) is 5.42. The van der Waals surface area contributed by atoms with Gasteiger partial charge >= 0.3 is 12.0 Å². The lowest BCUT2D eigenvalue weighted by Gasteiger charge is -2.35. The van der Waals surface area contributed by atoms with E-state index in [0.29, 0.717) is 32.5 Å². The molecule has 1 aliphatic carbocycles. The number of likely N-dealkylation sites (tertiary alicyclic amines) is 1. The first-order valence-corrected chi connectivity index (χ1v) is 10.2. The standard InChI is InChI=1S/C15H25N3O5S/c19-14(20)11-3-1-7-17(9-11)15(21)16-12-4-2-8-18(10-12)24(22,23)13-5-6-13/h11-13H,1-10H2,(H,16,21)(H,19,20)/t11?,12-/m1/s1. The lowest BCUT2D eigenvalue weighted by atomic mass is 9.98. The van der Waals surface area contributed by atoms with E-state index in [0.717, 1.165) is 25.7 Å². The molecule has 2 amide bonds. The van der Waals surface area contributed by atoms with Gasteiger partial charge in [0.1, 0.15) is 0 Å². The predicted octanol–water partition coefficient (Wildman–Crippen LogP) is 0.449. The van der Waals surface area contributed by atoms with Crippen LogP contribution in [0.15, 0.2) is 0 Å². The molecule has 2 atom stereocenters. The monoisotopic (exact) mass is 359 g/mol. The minimum Gasteiger partial charge on any atom is -0.481 e. The zero-order chi connectivity index (χ0) is 17.3. The van der Waals surface area contributed by atoms with Crippen molar-refractivity contribution in [1.82, 2.24) is 14.5 Å². The van der Waals surface area contributed by atoms with Crippen molar-refractivity contribution in [3.63, 3.8) is 0 Å². The van der Waals surface area contributed by atoms with Crippen LogP contribution in [-0.2, 0) is 14.8 Å². The molecule has 3 aliphatic rings. The number of piperidine rings is 2. The van der Waals surface area contributed by atoms with Crippen LogP contribution in [-0.4, -0.2) is 72.2 Å². The molecule has 2 N–H and O–H groups in total. The van der Waals surface area contributed by atoms with Gasteiger partial charge in [-0.3, -0.25) is 4.79 Å². The van der Waals surface area contributed by atoms with Gasteiger partial charge in [0, 0.05) is 32.2 Å². The number of urea groups is 1. The number of nitrogens with zero attached hydrogens (tertiary/aromatic N) is 2. The van der Waals surface area contributed by atoms with Crippen LogP contribution in [0, 0.1) is 5.92 Å². The Morgan fingerprint density at radius 3 is 2.38 bits per heavy atom. The Balaban J connectivity index is 1.55. The second-order valence-electron chi connectivity index (χ2n) is 7.01. The number of carboxylic acid groups (broad SMARTS) is 1. The zero-order valence-electron chi connectivity index (χ0n) is 13.7. The van der Waals surface area contributed by atoms with E-state index in [4.69, 9.17) is 5.11 Å². The summed E-state index contributed by atoms with van der Waals surface area (Å²) >= 11 is 0. The summed E-state index contributed by atoms with van der Waals surface area (Å²) in [5, 5.41) is 11.8. The highest BCUT2D eigenvalue weighted by Gasteiger charge is 2.42. The lowest BCUT2D eigenvalue weighted by molar-refractivity contribution is -0.143. The molecule has 2 saturated heterocycles. The van der Waals surface area contributed by atoms with Crippen LogP contribution in [0.4, 0.5) is 4.79 Å². The smallest absolute Gasteiger partial charge is 0.317 e. The Labute approximate surface area is 142 Å². The summed E-state index contributed by atoms with van der Waals surface area (Å²) in [6, 6.07) is -0.485. The van der Waals surface area contributed by atoms with Gasteiger partial charge in [0.05, 0.1) is 11.2 Å².